The molecule has 0 bridgehead atoms. The van der Waals surface area contributed by atoms with Gasteiger partial charge in [-0.2, -0.15) is 0 Å². The fourth-order valence-electron chi connectivity index (χ4n) is 4.27. The van der Waals surface area contributed by atoms with Gasteiger partial charge in [0.25, 0.3) is 0 Å². The summed E-state index contributed by atoms with van der Waals surface area (Å²) in [6.45, 7) is 7.96. The van der Waals surface area contributed by atoms with Crippen LogP contribution in [0.1, 0.15) is 35.8 Å². The minimum absolute atomic E-state index is 0.367. The van der Waals surface area contributed by atoms with Crippen LogP contribution in [0.3, 0.4) is 0 Å². The van der Waals surface area contributed by atoms with E-state index in [4.69, 9.17) is 14.2 Å². The van der Waals surface area contributed by atoms with Gasteiger partial charge in [-0.25, -0.2) is 15.0 Å². The first-order chi connectivity index (χ1) is 14.8. The molecule has 9 heteroatoms. The van der Waals surface area contributed by atoms with Gasteiger partial charge in [-0.05, 0) is 32.9 Å². The van der Waals surface area contributed by atoms with Gasteiger partial charge in [-0.15, -0.1) is 0 Å². The van der Waals surface area contributed by atoms with E-state index in [9.17, 15) is 0 Å². The van der Waals surface area contributed by atoms with Crippen LogP contribution >= 0.6 is 0 Å². The molecule has 2 saturated heterocycles. The second-order valence-electron chi connectivity index (χ2n) is 8.03. The number of H-pyrrole nitrogens is 1. The molecule has 3 aromatic rings. The van der Waals surface area contributed by atoms with Crippen LogP contribution in [-0.4, -0.2) is 69.4 Å². The van der Waals surface area contributed by atoms with Gasteiger partial charge in [0.2, 0.25) is 5.95 Å². The standard InChI is InChI=1S/C21H27N7O2/c1-15-10-19(30-26-15)18-12-23-21(28-6-8-29-9-7-28)25-20(18)16-2-4-27(5-3-16)13-17-11-22-14-24-17/h10-12,14,16H,2-9,13H2,1H3,(H,22,24). The molecule has 5 heterocycles. The minimum atomic E-state index is 0.367. The number of ether oxygens (including phenoxy) is 1. The summed E-state index contributed by atoms with van der Waals surface area (Å²) in [5.41, 5.74) is 4.05. The highest BCUT2D eigenvalue weighted by atomic mass is 16.5. The summed E-state index contributed by atoms with van der Waals surface area (Å²) in [6, 6.07) is 1.96. The third-order valence-electron chi connectivity index (χ3n) is 5.92. The second-order valence-corrected chi connectivity index (χ2v) is 8.03. The number of piperidine rings is 1. The normalized spacial score (nSPS) is 18.8. The van der Waals surface area contributed by atoms with Gasteiger partial charge < -0.3 is 19.1 Å². The first kappa shape index (κ1) is 19.2. The zero-order chi connectivity index (χ0) is 20.3. The van der Waals surface area contributed by atoms with Crippen molar-refractivity contribution in [1.29, 1.82) is 0 Å². The lowest BCUT2D eigenvalue weighted by molar-refractivity contribution is 0.122. The van der Waals surface area contributed by atoms with Crippen molar-refractivity contribution in [1.82, 2.24) is 30.0 Å². The van der Waals surface area contributed by atoms with Crippen LogP contribution in [0, 0.1) is 6.92 Å². The van der Waals surface area contributed by atoms with E-state index in [0.717, 1.165) is 79.9 Å². The van der Waals surface area contributed by atoms with Crippen molar-refractivity contribution in [3.63, 3.8) is 0 Å². The lowest BCUT2D eigenvalue weighted by atomic mass is 9.90. The number of rotatable bonds is 5. The minimum Gasteiger partial charge on any atom is -0.378 e. The molecule has 0 saturated carbocycles. The number of anilines is 1. The number of aromatic nitrogens is 5. The highest BCUT2D eigenvalue weighted by molar-refractivity contribution is 5.61. The molecule has 0 aliphatic carbocycles. The van der Waals surface area contributed by atoms with E-state index in [2.05, 4.69) is 29.9 Å². The van der Waals surface area contributed by atoms with Crippen molar-refractivity contribution < 1.29 is 9.26 Å². The first-order valence-electron chi connectivity index (χ1n) is 10.6. The van der Waals surface area contributed by atoms with Gasteiger partial charge in [0, 0.05) is 49.7 Å². The van der Waals surface area contributed by atoms with Crippen LogP contribution in [-0.2, 0) is 11.3 Å². The van der Waals surface area contributed by atoms with E-state index < -0.39 is 0 Å². The molecule has 2 fully saturated rings. The SMILES string of the molecule is Cc1cc(-c2cnc(N3CCOCC3)nc2C2CCN(Cc3cnc[nH]3)CC2)on1. The quantitative estimate of drug-likeness (QED) is 0.686. The molecule has 0 atom stereocenters. The zero-order valence-electron chi connectivity index (χ0n) is 17.3. The third-order valence-corrected chi connectivity index (χ3v) is 5.92. The van der Waals surface area contributed by atoms with Crippen LogP contribution in [0.5, 0.6) is 0 Å². The molecule has 1 N–H and O–H groups in total. The summed E-state index contributed by atoms with van der Waals surface area (Å²) in [6.07, 6.45) is 7.64. The maximum absolute atomic E-state index is 5.57. The second kappa shape index (κ2) is 8.53. The number of nitrogens with zero attached hydrogens (tertiary/aromatic N) is 6. The van der Waals surface area contributed by atoms with Gasteiger partial charge in [0.05, 0.1) is 36.5 Å². The Labute approximate surface area is 175 Å². The Bertz CT molecular complexity index is 958. The van der Waals surface area contributed by atoms with Crippen molar-refractivity contribution in [2.45, 2.75) is 32.2 Å². The van der Waals surface area contributed by atoms with Gasteiger partial charge in [0.15, 0.2) is 5.76 Å². The highest BCUT2D eigenvalue weighted by Crippen LogP contribution is 2.35. The van der Waals surface area contributed by atoms with E-state index in [1.54, 1.807) is 6.33 Å². The fraction of sp³-hybridized carbons (Fsp3) is 0.524. The van der Waals surface area contributed by atoms with Crippen LogP contribution in [0.25, 0.3) is 11.3 Å². The molecule has 0 amide bonds. The fourth-order valence-corrected chi connectivity index (χ4v) is 4.27. The molecule has 2 aliphatic heterocycles. The molecule has 3 aromatic heterocycles. The first-order valence-corrected chi connectivity index (χ1v) is 10.6. The number of imidazole rings is 1. The summed E-state index contributed by atoms with van der Waals surface area (Å²) in [5.74, 6) is 1.90. The van der Waals surface area contributed by atoms with Crippen molar-refractivity contribution in [3.8, 4) is 11.3 Å². The summed E-state index contributed by atoms with van der Waals surface area (Å²) in [5, 5.41) is 4.07. The van der Waals surface area contributed by atoms with Gasteiger partial charge in [-0.1, -0.05) is 5.16 Å². The predicted molar refractivity (Wildman–Crippen MR) is 111 cm³/mol. The number of morpholine rings is 1. The molecule has 9 nitrogen and oxygen atoms in total. The number of nitrogens with one attached hydrogen (secondary N) is 1. The van der Waals surface area contributed by atoms with Crippen LogP contribution in [0.2, 0.25) is 0 Å². The monoisotopic (exact) mass is 409 g/mol. The van der Waals surface area contributed by atoms with Crippen molar-refractivity contribution >= 4 is 5.95 Å². The third kappa shape index (κ3) is 4.08. The molecule has 0 spiro atoms. The number of hydrogen-bond donors (Lipinski definition) is 1. The Balaban J connectivity index is 1.38. The molecule has 158 valence electrons. The summed E-state index contributed by atoms with van der Waals surface area (Å²) < 4.78 is 11.1. The van der Waals surface area contributed by atoms with E-state index in [0.29, 0.717) is 19.1 Å². The maximum Gasteiger partial charge on any atom is 0.225 e. The van der Waals surface area contributed by atoms with E-state index >= 15 is 0 Å². The van der Waals surface area contributed by atoms with Crippen molar-refractivity contribution in [2.24, 2.45) is 0 Å². The van der Waals surface area contributed by atoms with Crippen molar-refractivity contribution in [2.75, 3.05) is 44.3 Å². The largest absolute Gasteiger partial charge is 0.378 e. The lowest BCUT2D eigenvalue weighted by Gasteiger charge is -2.32. The topological polar surface area (TPSA) is 96.2 Å². The predicted octanol–water partition coefficient (Wildman–Crippen LogP) is 2.38. The summed E-state index contributed by atoms with van der Waals surface area (Å²) in [4.78, 5) is 21.7. The summed E-state index contributed by atoms with van der Waals surface area (Å²) >= 11 is 0. The number of likely N-dealkylation sites (tertiary alicyclic amines) is 1. The molecule has 0 unspecified atom stereocenters. The van der Waals surface area contributed by atoms with Gasteiger partial charge in [-0.3, -0.25) is 4.90 Å². The molecule has 5 rings (SSSR count). The number of aryl methyl sites for hydroxylation is 1. The molecule has 0 aromatic carbocycles. The average molecular weight is 409 g/mol. The molecule has 0 radical (unpaired) electrons. The van der Waals surface area contributed by atoms with Gasteiger partial charge in [0.1, 0.15) is 0 Å². The van der Waals surface area contributed by atoms with Crippen LogP contribution in [0.15, 0.2) is 29.3 Å². The molecule has 30 heavy (non-hydrogen) atoms. The summed E-state index contributed by atoms with van der Waals surface area (Å²) in [7, 11) is 0. The van der Waals surface area contributed by atoms with E-state index in [-0.39, 0.29) is 0 Å². The Morgan fingerprint density at radius 3 is 2.67 bits per heavy atom. The Kier molecular flexibility index (Phi) is 5.46. The lowest BCUT2D eigenvalue weighted by Crippen LogP contribution is -2.38. The Morgan fingerprint density at radius 1 is 1.13 bits per heavy atom. The van der Waals surface area contributed by atoms with Crippen LogP contribution in [0.4, 0.5) is 5.95 Å². The number of aromatic amines is 1. The Morgan fingerprint density at radius 2 is 1.97 bits per heavy atom. The molecular weight excluding hydrogens is 382 g/mol. The van der Waals surface area contributed by atoms with E-state index in [1.165, 1.54) is 0 Å². The van der Waals surface area contributed by atoms with Crippen molar-refractivity contribution in [3.05, 3.63) is 41.9 Å². The average Bonchev–Trinajstić information content (AvgIpc) is 3.46. The number of hydrogen-bond acceptors (Lipinski definition) is 8. The highest BCUT2D eigenvalue weighted by Gasteiger charge is 2.27. The Hall–Kier alpha value is -2.78. The molecular formula is C21H27N7O2. The zero-order valence-corrected chi connectivity index (χ0v) is 17.3. The molecule has 2 aliphatic rings. The van der Waals surface area contributed by atoms with Gasteiger partial charge >= 0.3 is 0 Å². The smallest absolute Gasteiger partial charge is 0.225 e. The maximum atomic E-state index is 5.57. The van der Waals surface area contributed by atoms with E-state index in [1.807, 2.05) is 25.4 Å². The van der Waals surface area contributed by atoms with Crippen LogP contribution < -0.4 is 4.90 Å².